The fraction of sp³-hybridized carbons (Fsp3) is 0.800. The van der Waals surface area contributed by atoms with Crippen LogP contribution in [0.2, 0.25) is 0 Å². The lowest BCUT2D eigenvalue weighted by molar-refractivity contribution is 0.0231. The van der Waals surface area contributed by atoms with E-state index in [1.165, 1.54) is 11.3 Å². The second-order valence-corrected chi connectivity index (χ2v) is 5.74. The van der Waals surface area contributed by atoms with Crippen LogP contribution in [0, 0.1) is 13.8 Å². The van der Waals surface area contributed by atoms with E-state index >= 15 is 0 Å². The Hall–Kier alpha value is -0.910. The Morgan fingerprint density at radius 2 is 2.10 bits per heavy atom. The molecule has 2 atom stereocenters. The van der Waals surface area contributed by atoms with Crippen molar-refractivity contribution in [1.82, 2.24) is 15.1 Å². The molecule has 0 aliphatic rings. The summed E-state index contributed by atoms with van der Waals surface area (Å²) in [6, 6.07) is 0.171. The van der Waals surface area contributed by atoms with Crippen molar-refractivity contribution in [3.8, 4) is 0 Å². The summed E-state index contributed by atoms with van der Waals surface area (Å²) >= 11 is 0. The predicted molar refractivity (Wildman–Crippen MR) is 80.9 cm³/mol. The molecular formula is C15H29N3O2. The molecule has 0 saturated carbocycles. The number of aliphatic hydroxyl groups is 1. The van der Waals surface area contributed by atoms with Crippen molar-refractivity contribution in [3.05, 3.63) is 17.0 Å². The first-order chi connectivity index (χ1) is 9.32. The van der Waals surface area contributed by atoms with Gasteiger partial charge in [-0.3, -0.25) is 4.68 Å². The highest BCUT2D eigenvalue weighted by atomic mass is 16.5. The summed E-state index contributed by atoms with van der Waals surface area (Å²) in [7, 11) is 1.65. The first-order valence-corrected chi connectivity index (χ1v) is 7.31. The van der Waals surface area contributed by atoms with E-state index in [-0.39, 0.29) is 6.04 Å². The van der Waals surface area contributed by atoms with Gasteiger partial charge in [-0.25, -0.2) is 0 Å². The molecule has 0 bridgehead atoms. The minimum Gasteiger partial charge on any atom is -0.389 e. The van der Waals surface area contributed by atoms with Crippen molar-refractivity contribution in [2.24, 2.45) is 0 Å². The van der Waals surface area contributed by atoms with Crippen LogP contribution in [0.4, 0.5) is 0 Å². The Kier molecular flexibility index (Phi) is 6.17. The summed E-state index contributed by atoms with van der Waals surface area (Å²) < 4.78 is 7.04. The smallest absolute Gasteiger partial charge is 0.0765 e. The number of ether oxygens (including phenoxy) is 1. The minimum atomic E-state index is -0.757. The molecule has 0 aliphatic carbocycles. The van der Waals surface area contributed by atoms with Crippen LogP contribution in [-0.2, 0) is 11.3 Å². The molecule has 0 saturated heterocycles. The van der Waals surface area contributed by atoms with Crippen LogP contribution in [0.25, 0.3) is 0 Å². The van der Waals surface area contributed by atoms with E-state index in [1.54, 1.807) is 7.11 Å². The SMILES string of the molecule is CCn1nc(C)c(C(C)NCC(C)(O)CCOC)c1C. The van der Waals surface area contributed by atoms with Crippen LogP contribution in [0.3, 0.4) is 0 Å². The number of hydrogen-bond donors (Lipinski definition) is 2. The topological polar surface area (TPSA) is 59.3 Å². The van der Waals surface area contributed by atoms with Crippen LogP contribution in [0.15, 0.2) is 0 Å². The monoisotopic (exact) mass is 283 g/mol. The van der Waals surface area contributed by atoms with Crippen molar-refractivity contribution in [3.63, 3.8) is 0 Å². The zero-order valence-electron chi connectivity index (χ0n) is 13.7. The molecule has 1 rings (SSSR count). The average molecular weight is 283 g/mol. The molecule has 1 aromatic rings. The van der Waals surface area contributed by atoms with Gasteiger partial charge in [0, 0.05) is 50.5 Å². The lowest BCUT2D eigenvalue weighted by Crippen LogP contribution is -2.39. The van der Waals surface area contributed by atoms with Crippen molar-refractivity contribution in [2.75, 3.05) is 20.3 Å². The fourth-order valence-corrected chi connectivity index (χ4v) is 2.53. The second-order valence-electron chi connectivity index (χ2n) is 5.74. The number of aromatic nitrogens is 2. The highest BCUT2D eigenvalue weighted by Gasteiger charge is 2.23. The van der Waals surface area contributed by atoms with Gasteiger partial charge in [0.25, 0.3) is 0 Å². The molecule has 116 valence electrons. The van der Waals surface area contributed by atoms with Crippen LogP contribution in [-0.4, -0.2) is 40.7 Å². The Bertz CT molecular complexity index is 427. The molecule has 1 heterocycles. The molecule has 5 heteroatoms. The molecule has 5 nitrogen and oxygen atoms in total. The molecule has 20 heavy (non-hydrogen) atoms. The van der Waals surface area contributed by atoms with Gasteiger partial charge in [-0.1, -0.05) is 0 Å². The maximum absolute atomic E-state index is 10.3. The van der Waals surface area contributed by atoms with Gasteiger partial charge >= 0.3 is 0 Å². The molecule has 1 aromatic heterocycles. The van der Waals surface area contributed by atoms with Crippen LogP contribution < -0.4 is 5.32 Å². The molecule has 0 spiro atoms. The summed E-state index contributed by atoms with van der Waals surface area (Å²) in [6.45, 7) is 12.2. The van der Waals surface area contributed by atoms with E-state index in [4.69, 9.17) is 4.74 Å². The average Bonchev–Trinajstić information content (AvgIpc) is 2.68. The third-order valence-electron chi connectivity index (χ3n) is 3.80. The number of methoxy groups -OCH3 is 1. The highest BCUT2D eigenvalue weighted by Crippen LogP contribution is 2.22. The summed E-state index contributed by atoms with van der Waals surface area (Å²) in [4.78, 5) is 0. The highest BCUT2D eigenvalue weighted by molar-refractivity contribution is 5.27. The number of aryl methyl sites for hydroxylation is 2. The van der Waals surface area contributed by atoms with E-state index in [1.807, 2.05) is 18.5 Å². The van der Waals surface area contributed by atoms with Crippen LogP contribution >= 0.6 is 0 Å². The third kappa shape index (κ3) is 4.30. The van der Waals surface area contributed by atoms with Gasteiger partial charge in [-0.15, -0.1) is 0 Å². The standard InChI is InChI=1S/C15H29N3O2/c1-7-18-13(4)14(12(3)17-18)11(2)16-10-15(5,19)8-9-20-6/h11,16,19H,7-10H2,1-6H3. The fourth-order valence-electron chi connectivity index (χ4n) is 2.53. The van der Waals surface area contributed by atoms with Crippen molar-refractivity contribution < 1.29 is 9.84 Å². The van der Waals surface area contributed by atoms with Crippen molar-refractivity contribution in [1.29, 1.82) is 0 Å². The molecule has 0 aromatic carbocycles. The predicted octanol–water partition coefficient (Wildman–Crippen LogP) is 1.96. The largest absolute Gasteiger partial charge is 0.389 e. The Labute approximate surface area is 122 Å². The van der Waals surface area contributed by atoms with E-state index in [2.05, 4.69) is 31.2 Å². The molecule has 2 N–H and O–H groups in total. The Balaban J connectivity index is 2.67. The number of hydrogen-bond acceptors (Lipinski definition) is 4. The van der Waals surface area contributed by atoms with Gasteiger partial charge in [0.15, 0.2) is 0 Å². The molecule has 0 radical (unpaired) electrons. The van der Waals surface area contributed by atoms with Gasteiger partial charge in [0.05, 0.1) is 11.3 Å². The summed E-state index contributed by atoms with van der Waals surface area (Å²) in [5, 5.41) is 18.2. The first kappa shape index (κ1) is 17.1. The first-order valence-electron chi connectivity index (χ1n) is 7.31. The van der Waals surface area contributed by atoms with Crippen LogP contribution in [0.1, 0.15) is 50.2 Å². The number of rotatable bonds is 8. The molecule has 2 unspecified atom stereocenters. The molecular weight excluding hydrogens is 254 g/mol. The zero-order valence-corrected chi connectivity index (χ0v) is 13.7. The Morgan fingerprint density at radius 1 is 1.45 bits per heavy atom. The van der Waals surface area contributed by atoms with Gasteiger partial charge in [0.1, 0.15) is 0 Å². The van der Waals surface area contributed by atoms with Gasteiger partial charge in [-0.05, 0) is 34.6 Å². The summed E-state index contributed by atoms with van der Waals surface area (Å²) in [5.74, 6) is 0. The van der Waals surface area contributed by atoms with Gasteiger partial charge in [0.2, 0.25) is 0 Å². The van der Waals surface area contributed by atoms with Crippen LogP contribution in [0.5, 0.6) is 0 Å². The van der Waals surface area contributed by atoms with Gasteiger partial charge in [-0.2, -0.15) is 5.10 Å². The lowest BCUT2D eigenvalue weighted by atomic mass is 10.0. The van der Waals surface area contributed by atoms with E-state index < -0.39 is 5.60 Å². The number of nitrogens with one attached hydrogen (secondary N) is 1. The lowest BCUT2D eigenvalue weighted by Gasteiger charge is -2.26. The number of nitrogens with zero attached hydrogens (tertiary/aromatic N) is 2. The minimum absolute atomic E-state index is 0.171. The molecule has 0 aliphatic heterocycles. The maximum Gasteiger partial charge on any atom is 0.0765 e. The normalized spacial score (nSPS) is 16.1. The quantitative estimate of drug-likeness (QED) is 0.765. The van der Waals surface area contributed by atoms with Gasteiger partial charge < -0.3 is 15.2 Å². The van der Waals surface area contributed by atoms with E-state index in [0.717, 1.165) is 12.2 Å². The molecule has 0 amide bonds. The van der Waals surface area contributed by atoms with Crippen molar-refractivity contribution >= 4 is 0 Å². The Morgan fingerprint density at radius 3 is 2.60 bits per heavy atom. The second kappa shape index (κ2) is 7.20. The summed E-state index contributed by atoms with van der Waals surface area (Å²) in [6.07, 6.45) is 0.620. The maximum atomic E-state index is 10.3. The molecule has 0 fully saturated rings. The van der Waals surface area contributed by atoms with Crippen molar-refractivity contribution in [2.45, 2.75) is 59.2 Å². The zero-order chi connectivity index (χ0) is 15.3. The third-order valence-corrected chi connectivity index (χ3v) is 3.80. The van der Waals surface area contributed by atoms with E-state index in [9.17, 15) is 5.11 Å². The van der Waals surface area contributed by atoms with E-state index in [0.29, 0.717) is 19.6 Å². The summed E-state index contributed by atoms with van der Waals surface area (Å²) in [5.41, 5.74) is 2.73.